The summed E-state index contributed by atoms with van der Waals surface area (Å²) in [6.45, 7) is 0.447. The number of benzene rings is 2. The minimum atomic E-state index is -3.30. The van der Waals surface area contributed by atoms with Crippen LogP contribution in [0.1, 0.15) is 22.5 Å². The van der Waals surface area contributed by atoms with Gasteiger partial charge in [0, 0.05) is 11.9 Å². The molecule has 3 aromatic rings. The highest BCUT2D eigenvalue weighted by atomic mass is 32.2. The quantitative estimate of drug-likeness (QED) is 0.539. The van der Waals surface area contributed by atoms with E-state index in [1.54, 1.807) is 31.4 Å². The van der Waals surface area contributed by atoms with Gasteiger partial charge < -0.3 is 9.47 Å². The molecule has 1 aliphatic heterocycles. The first-order valence-electron chi connectivity index (χ1n) is 9.33. The molecule has 0 atom stereocenters. The smallest absolute Gasteiger partial charge is 0.338 e. The predicted molar refractivity (Wildman–Crippen MR) is 115 cm³/mol. The molecule has 0 amide bonds. The topological polar surface area (TPSA) is 85.8 Å². The van der Waals surface area contributed by atoms with Crippen molar-refractivity contribution in [2.24, 2.45) is 0 Å². The number of methoxy groups -OCH3 is 1. The van der Waals surface area contributed by atoms with Crippen molar-refractivity contribution < 1.29 is 22.7 Å². The van der Waals surface area contributed by atoms with Crippen molar-refractivity contribution in [3.05, 3.63) is 65.2 Å². The van der Waals surface area contributed by atoms with Gasteiger partial charge in [-0.3, -0.25) is 4.31 Å². The Balaban J connectivity index is 1.45. The number of thiazole rings is 1. The molecule has 1 saturated heterocycles. The van der Waals surface area contributed by atoms with Crippen LogP contribution >= 0.6 is 11.3 Å². The highest BCUT2D eigenvalue weighted by molar-refractivity contribution is 7.93. The molecular weight excluding hydrogens is 424 g/mol. The van der Waals surface area contributed by atoms with Crippen LogP contribution in [0.15, 0.2) is 53.9 Å². The average molecular weight is 445 g/mol. The summed E-state index contributed by atoms with van der Waals surface area (Å²) in [5.74, 6) is 0.324. The van der Waals surface area contributed by atoms with Gasteiger partial charge in [-0.25, -0.2) is 18.2 Å². The van der Waals surface area contributed by atoms with E-state index in [-0.39, 0.29) is 12.4 Å². The van der Waals surface area contributed by atoms with Gasteiger partial charge in [0.15, 0.2) is 0 Å². The maximum atomic E-state index is 12.5. The molecule has 0 N–H and O–H groups in total. The van der Waals surface area contributed by atoms with Crippen molar-refractivity contribution in [1.29, 1.82) is 0 Å². The second kappa shape index (κ2) is 8.45. The number of anilines is 1. The van der Waals surface area contributed by atoms with E-state index in [1.807, 2.05) is 29.6 Å². The maximum absolute atomic E-state index is 12.5. The third-order valence-corrected chi connectivity index (χ3v) is 7.50. The number of carbonyl (C=O) groups is 1. The molecule has 7 nitrogen and oxygen atoms in total. The van der Waals surface area contributed by atoms with E-state index < -0.39 is 16.0 Å². The first-order valence-corrected chi connectivity index (χ1v) is 11.8. The third-order valence-electron chi connectivity index (χ3n) is 4.71. The first kappa shape index (κ1) is 20.4. The molecule has 2 heterocycles. The van der Waals surface area contributed by atoms with Crippen molar-refractivity contribution >= 4 is 33.0 Å². The molecule has 0 unspecified atom stereocenters. The Hall–Kier alpha value is -2.91. The zero-order chi connectivity index (χ0) is 21.1. The molecule has 30 heavy (non-hydrogen) atoms. The summed E-state index contributed by atoms with van der Waals surface area (Å²) in [5.41, 5.74) is 2.29. The Morgan fingerprint density at radius 3 is 2.80 bits per heavy atom. The number of esters is 1. The van der Waals surface area contributed by atoms with E-state index in [0.717, 1.165) is 16.3 Å². The average Bonchev–Trinajstić information content (AvgIpc) is 3.37. The monoisotopic (exact) mass is 444 g/mol. The van der Waals surface area contributed by atoms with E-state index in [0.29, 0.717) is 29.9 Å². The van der Waals surface area contributed by atoms with Crippen LogP contribution < -0.4 is 9.04 Å². The summed E-state index contributed by atoms with van der Waals surface area (Å²) in [6.07, 6.45) is 0.579. The fourth-order valence-corrected chi connectivity index (χ4v) is 5.65. The van der Waals surface area contributed by atoms with Gasteiger partial charge in [-0.15, -0.1) is 11.3 Å². The van der Waals surface area contributed by atoms with Crippen molar-refractivity contribution in [3.8, 4) is 16.3 Å². The summed E-state index contributed by atoms with van der Waals surface area (Å²) in [6, 6.07) is 14.1. The molecule has 0 radical (unpaired) electrons. The fraction of sp³-hybridized carbons (Fsp3) is 0.238. The van der Waals surface area contributed by atoms with E-state index in [2.05, 4.69) is 4.98 Å². The minimum Gasteiger partial charge on any atom is -0.496 e. The van der Waals surface area contributed by atoms with Crippen molar-refractivity contribution in [2.75, 3.05) is 23.7 Å². The van der Waals surface area contributed by atoms with Crippen molar-refractivity contribution in [3.63, 3.8) is 0 Å². The number of para-hydroxylation sites is 1. The van der Waals surface area contributed by atoms with Crippen LogP contribution in [-0.4, -0.2) is 38.8 Å². The molecule has 0 bridgehead atoms. The molecule has 1 aromatic heterocycles. The Morgan fingerprint density at radius 2 is 2.03 bits per heavy atom. The summed E-state index contributed by atoms with van der Waals surface area (Å²) in [4.78, 5) is 17.0. The van der Waals surface area contributed by atoms with E-state index >= 15 is 0 Å². The number of ether oxygens (including phenoxy) is 2. The number of aromatic nitrogens is 1. The lowest BCUT2D eigenvalue weighted by molar-refractivity contribution is 0.0468. The zero-order valence-corrected chi connectivity index (χ0v) is 17.9. The number of hydrogen-bond acceptors (Lipinski definition) is 7. The van der Waals surface area contributed by atoms with Crippen LogP contribution in [0.5, 0.6) is 5.75 Å². The van der Waals surface area contributed by atoms with Gasteiger partial charge in [0.25, 0.3) is 0 Å². The number of sulfonamides is 1. The SMILES string of the molecule is COc1ccccc1-c1nc(COC(=O)c2cccc(N3CCCS3(=O)=O)c2)cs1. The number of hydrogen-bond donors (Lipinski definition) is 0. The Kier molecular flexibility index (Phi) is 5.74. The summed E-state index contributed by atoms with van der Waals surface area (Å²) < 4.78 is 36.3. The predicted octanol–water partition coefficient (Wildman–Crippen LogP) is 3.72. The van der Waals surface area contributed by atoms with Gasteiger partial charge in [0.05, 0.1) is 35.4 Å². The molecule has 4 rings (SSSR count). The van der Waals surface area contributed by atoms with Crippen molar-refractivity contribution in [2.45, 2.75) is 13.0 Å². The number of carbonyl (C=O) groups excluding carboxylic acids is 1. The lowest BCUT2D eigenvalue weighted by Crippen LogP contribution is -2.25. The lowest BCUT2D eigenvalue weighted by atomic mass is 10.2. The number of nitrogens with zero attached hydrogens (tertiary/aromatic N) is 2. The largest absolute Gasteiger partial charge is 0.496 e. The van der Waals surface area contributed by atoms with Crippen molar-refractivity contribution in [1.82, 2.24) is 4.98 Å². The van der Waals surface area contributed by atoms with Crippen LogP contribution in [0.3, 0.4) is 0 Å². The van der Waals surface area contributed by atoms with Gasteiger partial charge in [-0.2, -0.15) is 0 Å². The van der Waals surface area contributed by atoms with Crippen LogP contribution in [0.25, 0.3) is 10.6 Å². The minimum absolute atomic E-state index is 0.0245. The maximum Gasteiger partial charge on any atom is 0.338 e. The molecule has 0 aliphatic carbocycles. The lowest BCUT2D eigenvalue weighted by Gasteiger charge is -2.17. The van der Waals surface area contributed by atoms with Gasteiger partial charge in [0.2, 0.25) is 10.0 Å². The Labute approximate surface area is 178 Å². The molecule has 0 saturated carbocycles. The molecule has 1 aliphatic rings. The highest BCUT2D eigenvalue weighted by Crippen LogP contribution is 2.32. The standard InChI is InChI=1S/C21H20N2O5S2/c1-27-19-9-3-2-8-18(19)20-22-16(14-29-20)13-28-21(24)15-6-4-7-17(12-15)23-10-5-11-30(23,25)26/h2-4,6-9,12,14H,5,10-11,13H2,1H3. The van der Waals surface area contributed by atoms with Crippen LogP contribution in [-0.2, 0) is 21.4 Å². The van der Waals surface area contributed by atoms with Crippen LogP contribution in [0.4, 0.5) is 5.69 Å². The molecular formula is C21H20N2O5S2. The summed E-state index contributed by atoms with van der Waals surface area (Å²) >= 11 is 1.44. The number of rotatable bonds is 6. The second-order valence-electron chi connectivity index (χ2n) is 6.71. The van der Waals surface area contributed by atoms with E-state index in [1.165, 1.54) is 15.6 Å². The van der Waals surface area contributed by atoms with Gasteiger partial charge in [-0.1, -0.05) is 18.2 Å². The van der Waals surface area contributed by atoms with Crippen LogP contribution in [0.2, 0.25) is 0 Å². The fourth-order valence-electron chi connectivity index (χ4n) is 3.26. The Bertz CT molecular complexity index is 1170. The molecule has 2 aromatic carbocycles. The van der Waals surface area contributed by atoms with Crippen LogP contribution in [0, 0.1) is 0 Å². The summed E-state index contributed by atoms with van der Waals surface area (Å²) in [5, 5.41) is 2.61. The third kappa shape index (κ3) is 4.17. The van der Waals surface area contributed by atoms with Gasteiger partial charge in [-0.05, 0) is 36.8 Å². The van der Waals surface area contributed by atoms with Gasteiger partial charge in [0.1, 0.15) is 17.4 Å². The molecule has 9 heteroatoms. The Morgan fingerprint density at radius 1 is 1.20 bits per heavy atom. The normalized spacial score (nSPS) is 15.2. The van der Waals surface area contributed by atoms with Gasteiger partial charge >= 0.3 is 5.97 Å². The second-order valence-corrected chi connectivity index (χ2v) is 9.58. The highest BCUT2D eigenvalue weighted by Gasteiger charge is 2.28. The first-order chi connectivity index (χ1) is 14.5. The molecule has 0 spiro atoms. The van der Waals surface area contributed by atoms with E-state index in [4.69, 9.17) is 9.47 Å². The molecule has 156 valence electrons. The zero-order valence-electron chi connectivity index (χ0n) is 16.3. The molecule has 1 fully saturated rings. The van der Waals surface area contributed by atoms with E-state index in [9.17, 15) is 13.2 Å². The summed E-state index contributed by atoms with van der Waals surface area (Å²) in [7, 11) is -1.70.